The molecule has 1 amide bonds. The van der Waals surface area contributed by atoms with Crippen LogP contribution in [0.4, 0.5) is 0 Å². The van der Waals surface area contributed by atoms with Gasteiger partial charge in [-0.1, -0.05) is 52.4 Å². The van der Waals surface area contributed by atoms with E-state index in [2.05, 4.69) is 60.2 Å². The Balaban J connectivity index is 1.19. The second-order valence-electron chi connectivity index (χ2n) is 10.8. The Hall–Kier alpha value is -2.78. The van der Waals surface area contributed by atoms with E-state index in [4.69, 9.17) is 0 Å². The summed E-state index contributed by atoms with van der Waals surface area (Å²) in [7, 11) is 0. The van der Waals surface area contributed by atoms with Crippen molar-refractivity contribution in [1.29, 1.82) is 0 Å². The minimum absolute atomic E-state index is 0.00507. The molecule has 218 valence electrons. The van der Waals surface area contributed by atoms with Crippen molar-refractivity contribution in [3.63, 3.8) is 0 Å². The van der Waals surface area contributed by atoms with Gasteiger partial charge in [0.05, 0.1) is 32.3 Å². The maximum atomic E-state index is 13.2. The number of carbonyl (C=O) groups excluding carboxylic acids is 1. The maximum Gasteiger partial charge on any atom is 0.280 e. The molecule has 5 aromatic rings. The minimum Gasteiger partial charge on any atom is -0.494 e. The molecule has 4 nitrogen and oxygen atoms in total. The number of rotatable bonds is 14. The van der Waals surface area contributed by atoms with Crippen molar-refractivity contribution in [2.45, 2.75) is 78.1 Å². The number of hydrogen-bond donors (Lipinski definition) is 2. The zero-order chi connectivity index (χ0) is 29.1. The van der Waals surface area contributed by atoms with E-state index in [1.54, 1.807) is 22.7 Å². The number of aromatic amines is 1. The summed E-state index contributed by atoms with van der Waals surface area (Å²) in [6, 6.07) is 17.2. The molecule has 0 saturated carbocycles. The first kappa shape index (κ1) is 29.3. The van der Waals surface area contributed by atoms with Crippen LogP contribution in [0.25, 0.3) is 30.1 Å². The molecule has 0 fully saturated rings. The summed E-state index contributed by atoms with van der Waals surface area (Å²) < 4.78 is 0. The fourth-order valence-corrected chi connectivity index (χ4v) is 9.75. The Kier molecular flexibility index (Phi) is 9.24. The number of amides is 1. The van der Waals surface area contributed by atoms with Crippen LogP contribution in [0, 0.1) is 0 Å². The predicted octanol–water partition coefficient (Wildman–Crippen LogP) is 11.2. The van der Waals surface area contributed by atoms with Crippen molar-refractivity contribution < 1.29 is 9.90 Å². The van der Waals surface area contributed by atoms with E-state index in [-0.39, 0.29) is 11.8 Å². The number of aliphatic imine (C=N–C) groups is 1. The molecule has 1 aliphatic heterocycles. The fraction of sp³-hybridized carbons (Fsp3) is 0.353. The molecule has 0 bridgehead atoms. The number of nitrogens with zero attached hydrogens (tertiary/aromatic N) is 1. The third-order valence-corrected chi connectivity index (χ3v) is 12.6. The van der Waals surface area contributed by atoms with Gasteiger partial charge in [-0.3, -0.25) is 4.79 Å². The predicted molar refractivity (Wildman–Crippen MR) is 182 cm³/mol. The van der Waals surface area contributed by atoms with E-state index >= 15 is 0 Å². The van der Waals surface area contributed by atoms with E-state index in [0.29, 0.717) is 22.5 Å². The van der Waals surface area contributed by atoms with Crippen LogP contribution in [0.1, 0.15) is 95.8 Å². The summed E-state index contributed by atoms with van der Waals surface area (Å²) in [5, 5.41) is 11.0. The molecule has 2 N–H and O–H groups in total. The number of aryl methyl sites for hydroxylation is 2. The number of thiophene rings is 4. The number of aromatic nitrogens is 1. The summed E-state index contributed by atoms with van der Waals surface area (Å²) in [6.07, 6.45) is 12.4. The van der Waals surface area contributed by atoms with Gasteiger partial charge in [0.25, 0.3) is 5.91 Å². The van der Waals surface area contributed by atoms with Gasteiger partial charge in [-0.2, -0.15) is 0 Å². The van der Waals surface area contributed by atoms with Crippen LogP contribution in [0.5, 0.6) is 5.88 Å². The molecule has 0 unspecified atom stereocenters. The Morgan fingerprint density at radius 3 is 1.71 bits per heavy atom. The summed E-state index contributed by atoms with van der Waals surface area (Å²) in [6.45, 7) is 4.48. The second kappa shape index (κ2) is 13.2. The molecule has 0 aromatic carbocycles. The molecule has 0 radical (unpaired) electrons. The van der Waals surface area contributed by atoms with Gasteiger partial charge in [0.1, 0.15) is 0 Å². The average molecular weight is 633 g/mol. The lowest BCUT2D eigenvalue weighted by molar-refractivity contribution is 0.101. The van der Waals surface area contributed by atoms with Gasteiger partial charge >= 0.3 is 0 Å². The van der Waals surface area contributed by atoms with E-state index < -0.39 is 0 Å². The molecule has 5 aromatic heterocycles. The lowest BCUT2D eigenvalue weighted by atomic mass is 10.1. The molecule has 0 aliphatic carbocycles. The normalized spacial score (nSPS) is 12.8. The van der Waals surface area contributed by atoms with Gasteiger partial charge in [-0.05, 0) is 74.2 Å². The number of hydrogen-bond acceptors (Lipinski definition) is 6. The molecule has 6 heterocycles. The smallest absolute Gasteiger partial charge is 0.280 e. The van der Waals surface area contributed by atoms with Crippen molar-refractivity contribution in [3.05, 3.63) is 74.3 Å². The molecular weight excluding hydrogens is 597 g/mol. The summed E-state index contributed by atoms with van der Waals surface area (Å²) >= 11 is 6.97. The zero-order valence-corrected chi connectivity index (χ0v) is 27.4. The summed E-state index contributed by atoms with van der Waals surface area (Å²) in [5.74, 6) is -0.294. The van der Waals surface area contributed by atoms with Crippen molar-refractivity contribution in [2.24, 2.45) is 4.99 Å². The lowest BCUT2D eigenvalue weighted by Crippen LogP contribution is -1.96. The number of fused-ring (bicyclic) bond motifs is 1. The molecular formula is C34H36N2O2S4. The quantitative estimate of drug-likeness (QED) is 0.120. The van der Waals surface area contributed by atoms with Gasteiger partial charge in [0.2, 0.25) is 0 Å². The van der Waals surface area contributed by atoms with Crippen molar-refractivity contribution in [2.75, 3.05) is 0 Å². The first-order chi connectivity index (χ1) is 20.6. The van der Waals surface area contributed by atoms with Crippen LogP contribution in [0.3, 0.4) is 0 Å². The van der Waals surface area contributed by atoms with Gasteiger partial charge in [0.15, 0.2) is 5.88 Å². The average Bonchev–Trinajstić information content (AvgIpc) is 3.82. The SMILES string of the molecule is CCCCCCc1ccc(-c2ccc(C3=NC(=O)c4c(-c5ccc(-c6ccc(CCCCCC)s6)s5)[nH]c(O)c43)s2)s1. The van der Waals surface area contributed by atoms with E-state index in [9.17, 15) is 9.90 Å². The van der Waals surface area contributed by atoms with Gasteiger partial charge in [-0.25, -0.2) is 4.99 Å². The third kappa shape index (κ3) is 6.13. The van der Waals surface area contributed by atoms with Crippen LogP contribution >= 0.6 is 45.3 Å². The molecule has 8 heteroatoms. The summed E-state index contributed by atoms with van der Waals surface area (Å²) in [5.41, 5.74) is 2.21. The lowest BCUT2D eigenvalue weighted by Gasteiger charge is -1.97. The first-order valence-electron chi connectivity index (χ1n) is 15.0. The highest BCUT2D eigenvalue weighted by molar-refractivity contribution is 7.24. The Morgan fingerprint density at radius 1 is 0.619 bits per heavy atom. The number of carbonyl (C=O) groups is 1. The summed E-state index contributed by atoms with van der Waals surface area (Å²) in [4.78, 5) is 30.2. The van der Waals surface area contributed by atoms with E-state index in [0.717, 1.165) is 27.5 Å². The number of unbranched alkanes of at least 4 members (excludes halogenated alkanes) is 6. The minimum atomic E-state index is -0.299. The highest BCUT2D eigenvalue weighted by atomic mass is 32.1. The van der Waals surface area contributed by atoms with E-state index in [1.165, 1.54) is 75.8 Å². The standard InChI is InChI=1S/C34H36N2O2S4/c1-3-5-7-9-11-21-13-15-23(39-21)25-17-19-27(41-25)31-29-30(34(38)35-31)32(36-33(29)37)28-20-18-26(42-28)24-16-14-22(40-24)12-10-8-6-4-2/h13-20,35,38H,3-12H2,1-2H3. The second-order valence-corrected chi connectivity index (χ2v) is 15.3. The van der Waals surface area contributed by atoms with Gasteiger partial charge < -0.3 is 10.1 Å². The largest absolute Gasteiger partial charge is 0.494 e. The van der Waals surface area contributed by atoms with E-state index in [1.807, 2.05) is 34.8 Å². The molecule has 0 atom stereocenters. The van der Waals surface area contributed by atoms with Crippen molar-refractivity contribution in [3.8, 4) is 36.0 Å². The van der Waals surface area contributed by atoms with Crippen molar-refractivity contribution in [1.82, 2.24) is 4.98 Å². The van der Waals surface area contributed by atoms with Crippen LogP contribution in [0.2, 0.25) is 0 Å². The fourth-order valence-electron chi connectivity index (χ4n) is 5.45. The third-order valence-electron chi connectivity index (χ3n) is 7.70. The highest BCUT2D eigenvalue weighted by Gasteiger charge is 2.34. The van der Waals surface area contributed by atoms with Gasteiger partial charge in [0, 0.05) is 29.3 Å². The molecule has 0 spiro atoms. The number of aromatic hydroxyl groups is 1. The van der Waals surface area contributed by atoms with Crippen LogP contribution in [-0.2, 0) is 12.8 Å². The zero-order valence-electron chi connectivity index (χ0n) is 24.1. The number of nitrogens with one attached hydrogen (secondary N) is 1. The Bertz CT molecular complexity index is 1710. The van der Waals surface area contributed by atoms with Crippen molar-refractivity contribution >= 4 is 57.0 Å². The molecule has 42 heavy (non-hydrogen) atoms. The first-order valence-corrected chi connectivity index (χ1v) is 18.3. The Labute approximate surface area is 263 Å². The van der Waals surface area contributed by atoms with Crippen LogP contribution < -0.4 is 0 Å². The number of H-pyrrole nitrogens is 1. The monoisotopic (exact) mass is 632 g/mol. The highest BCUT2D eigenvalue weighted by Crippen LogP contribution is 2.44. The van der Waals surface area contributed by atoms with Crippen LogP contribution in [0.15, 0.2) is 53.5 Å². The Morgan fingerprint density at radius 2 is 1.12 bits per heavy atom. The molecule has 6 rings (SSSR count). The van der Waals surface area contributed by atoms with Crippen LogP contribution in [-0.4, -0.2) is 21.7 Å². The molecule has 1 aliphatic rings. The molecule has 0 saturated heterocycles. The maximum absolute atomic E-state index is 13.2. The topological polar surface area (TPSA) is 65.5 Å². The van der Waals surface area contributed by atoms with Gasteiger partial charge in [-0.15, -0.1) is 45.3 Å².